The Bertz CT molecular complexity index is 105. The minimum absolute atomic E-state index is 0.253. The molecule has 1 saturated heterocycles. The third kappa shape index (κ3) is 1.89. The van der Waals surface area contributed by atoms with Gasteiger partial charge in [-0.1, -0.05) is 0 Å². The lowest BCUT2D eigenvalue weighted by Gasteiger charge is -2.29. The summed E-state index contributed by atoms with van der Waals surface area (Å²) in [4.78, 5) is 0. The molecule has 1 aliphatic rings. The van der Waals surface area contributed by atoms with Gasteiger partial charge in [0, 0.05) is 13.1 Å². The van der Waals surface area contributed by atoms with Crippen molar-refractivity contribution in [1.29, 1.82) is 0 Å². The molecule has 0 spiro atoms. The fraction of sp³-hybridized carbons (Fsp3) is 1.00. The van der Waals surface area contributed by atoms with Crippen molar-refractivity contribution in [2.75, 3.05) is 19.7 Å². The summed E-state index contributed by atoms with van der Waals surface area (Å²) in [6, 6.07) is 0. The quantitative estimate of drug-likeness (QED) is 0.313. The summed E-state index contributed by atoms with van der Waals surface area (Å²) in [5, 5.41) is 28.6. The highest BCUT2D eigenvalue weighted by atomic mass is 16.7. The van der Waals surface area contributed by atoms with E-state index in [1.807, 2.05) is 0 Å². The van der Waals surface area contributed by atoms with Gasteiger partial charge in [-0.15, -0.1) is 0 Å². The first-order valence-corrected chi connectivity index (χ1v) is 3.10. The summed E-state index contributed by atoms with van der Waals surface area (Å²) in [6.07, 6.45) is -0.943. The Hall–Kier alpha value is -0.200. The van der Waals surface area contributed by atoms with Gasteiger partial charge in [0.05, 0.1) is 6.61 Å². The van der Waals surface area contributed by atoms with E-state index in [0.717, 1.165) is 0 Å². The molecule has 0 saturated carbocycles. The summed E-state index contributed by atoms with van der Waals surface area (Å²) >= 11 is 0. The zero-order valence-corrected chi connectivity index (χ0v) is 5.45. The maximum atomic E-state index is 8.59. The highest BCUT2D eigenvalue weighted by Crippen LogP contribution is 2.07. The Morgan fingerprint density at radius 1 is 1.40 bits per heavy atom. The van der Waals surface area contributed by atoms with Gasteiger partial charge in [-0.05, 0) is 0 Å². The number of ether oxygens (including phenoxy) is 1. The molecule has 10 heavy (non-hydrogen) atoms. The van der Waals surface area contributed by atoms with Gasteiger partial charge in [-0.2, -0.15) is 0 Å². The van der Waals surface area contributed by atoms with E-state index in [0.29, 0.717) is 13.2 Å². The number of rotatable bonds is 1. The van der Waals surface area contributed by atoms with Crippen LogP contribution in [0.2, 0.25) is 0 Å². The number of aliphatic hydroxyl groups is 3. The van der Waals surface area contributed by atoms with Gasteiger partial charge in [0.25, 0.3) is 0 Å². The number of nitrogens with one attached hydrogen (secondary N) is 1. The molecular weight excluding hydrogens is 138 g/mol. The van der Waals surface area contributed by atoms with Crippen LogP contribution >= 0.6 is 0 Å². The number of hydrogen-bond donors (Lipinski definition) is 4. The topological polar surface area (TPSA) is 82.0 Å². The molecule has 1 rings (SSSR count). The van der Waals surface area contributed by atoms with E-state index in [9.17, 15) is 0 Å². The first kappa shape index (κ1) is 7.90. The molecule has 0 radical (unpaired) electrons. The fourth-order valence-electron chi connectivity index (χ4n) is 0.814. The smallest absolute Gasteiger partial charge is 0.304 e. The van der Waals surface area contributed by atoms with Crippen LogP contribution < -0.4 is 5.32 Å². The van der Waals surface area contributed by atoms with Crippen LogP contribution in [0.3, 0.4) is 0 Å². The van der Waals surface area contributed by atoms with Crippen molar-refractivity contribution in [1.82, 2.24) is 5.32 Å². The Balaban J connectivity index is 2.39. The summed E-state index contributed by atoms with van der Waals surface area (Å²) in [7, 11) is 0. The molecule has 4 N–H and O–H groups in total. The Labute approximate surface area is 58.2 Å². The van der Waals surface area contributed by atoms with Crippen molar-refractivity contribution in [2.45, 2.75) is 12.1 Å². The predicted molar refractivity (Wildman–Crippen MR) is 32.0 cm³/mol. The van der Waals surface area contributed by atoms with Crippen molar-refractivity contribution < 1.29 is 20.1 Å². The molecule has 5 heteroatoms. The number of hydrogen-bond acceptors (Lipinski definition) is 5. The van der Waals surface area contributed by atoms with Crippen molar-refractivity contribution in [3.05, 3.63) is 0 Å². The minimum atomic E-state index is -2.71. The molecule has 0 aromatic heterocycles. The van der Waals surface area contributed by atoms with E-state index in [1.54, 1.807) is 0 Å². The molecule has 1 unspecified atom stereocenters. The van der Waals surface area contributed by atoms with Crippen LogP contribution in [0.4, 0.5) is 0 Å². The van der Waals surface area contributed by atoms with E-state index in [1.165, 1.54) is 0 Å². The molecule has 0 bridgehead atoms. The average Bonchev–Trinajstić information content (AvgIpc) is 1.88. The molecule has 0 amide bonds. The average molecular weight is 149 g/mol. The third-order valence-corrected chi connectivity index (χ3v) is 1.36. The van der Waals surface area contributed by atoms with E-state index >= 15 is 0 Å². The fourth-order valence-corrected chi connectivity index (χ4v) is 0.814. The molecule has 0 aliphatic carbocycles. The van der Waals surface area contributed by atoms with Crippen molar-refractivity contribution in [3.8, 4) is 0 Å². The zero-order valence-electron chi connectivity index (χ0n) is 5.45. The molecule has 5 nitrogen and oxygen atoms in total. The van der Waals surface area contributed by atoms with Gasteiger partial charge in [0.15, 0.2) is 6.10 Å². The molecule has 60 valence electrons. The van der Waals surface area contributed by atoms with Gasteiger partial charge in [0.1, 0.15) is 0 Å². The molecule has 1 fully saturated rings. The standard InChI is InChI=1S/C5H11NO4/c7-5(8,9)4-3-6-1-2-10-4/h4,6-9H,1-3H2. The highest BCUT2D eigenvalue weighted by molar-refractivity contribution is 4.72. The second-order valence-corrected chi connectivity index (χ2v) is 2.25. The summed E-state index contributed by atoms with van der Waals surface area (Å²) in [5.41, 5.74) is 0. The van der Waals surface area contributed by atoms with Crippen LogP contribution in [0.25, 0.3) is 0 Å². The molecule has 1 heterocycles. The lowest BCUT2D eigenvalue weighted by atomic mass is 10.2. The predicted octanol–water partition coefficient (Wildman–Crippen LogP) is -2.39. The first-order valence-electron chi connectivity index (χ1n) is 3.10. The largest absolute Gasteiger partial charge is 0.367 e. The van der Waals surface area contributed by atoms with E-state index in [-0.39, 0.29) is 6.54 Å². The minimum Gasteiger partial charge on any atom is -0.367 e. The SMILES string of the molecule is OC(O)(O)C1CNCCO1. The third-order valence-electron chi connectivity index (χ3n) is 1.36. The second kappa shape index (κ2) is 2.81. The summed E-state index contributed by atoms with van der Waals surface area (Å²) in [5.74, 6) is -2.71. The molecule has 0 aromatic carbocycles. The number of morpholine rings is 1. The van der Waals surface area contributed by atoms with E-state index < -0.39 is 12.1 Å². The maximum Gasteiger partial charge on any atom is 0.304 e. The zero-order chi connectivity index (χ0) is 7.61. The maximum absolute atomic E-state index is 8.59. The molecular formula is C5H11NO4. The Kier molecular flexibility index (Phi) is 2.22. The molecule has 0 aromatic rings. The van der Waals surface area contributed by atoms with Gasteiger partial charge in [-0.3, -0.25) is 0 Å². The highest BCUT2D eigenvalue weighted by Gasteiger charge is 2.34. The van der Waals surface area contributed by atoms with Gasteiger partial charge < -0.3 is 25.4 Å². The summed E-state index contributed by atoms with van der Waals surface area (Å²) < 4.78 is 4.83. The van der Waals surface area contributed by atoms with Gasteiger partial charge >= 0.3 is 5.97 Å². The van der Waals surface area contributed by atoms with Gasteiger partial charge in [-0.25, -0.2) is 0 Å². The first-order chi connectivity index (χ1) is 4.61. The van der Waals surface area contributed by atoms with Gasteiger partial charge in [0.2, 0.25) is 0 Å². The molecule has 1 atom stereocenters. The van der Waals surface area contributed by atoms with Crippen LogP contribution in [0.5, 0.6) is 0 Å². The monoisotopic (exact) mass is 149 g/mol. The Morgan fingerprint density at radius 2 is 2.10 bits per heavy atom. The lowest BCUT2D eigenvalue weighted by Crippen LogP contribution is -2.53. The van der Waals surface area contributed by atoms with E-state index in [4.69, 9.17) is 20.1 Å². The lowest BCUT2D eigenvalue weighted by molar-refractivity contribution is -0.362. The van der Waals surface area contributed by atoms with Crippen LogP contribution in [-0.2, 0) is 4.74 Å². The van der Waals surface area contributed by atoms with Crippen LogP contribution in [0.1, 0.15) is 0 Å². The van der Waals surface area contributed by atoms with Crippen molar-refractivity contribution >= 4 is 0 Å². The second-order valence-electron chi connectivity index (χ2n) is 2.25. The Morgan fingerprint density at radius 3 is 2.40 bits per heavy atom. The van der Waals surface area contributed by atoms with Crippen LogP contribution in [0, 0.1) is 0 Å². The van der Waals surface area contributed by atoms with Crippen LogP contribution in [0.15, 0.2) is 0 Å². The molecule has 1 aliphatic heterocycles. The van der Waals surface area contributed by atoms with Crippen molar-refractivity contribution in [3.63, 3.8) is 0 Å². The normalized spacial score (nSPS) is 28.5. The van der Waals surface area contributed by atoms with E-state index in [2.05, 4.69) is 5.32 Å². The van der Waals surface area contributed by atoms with Crippen molar-refractivity contribution in [2.24, 2.45) is 0 Å². The summed E-state index contributed by atoms with van der Waals surface area (Å²) in [6.45, 7) is 1.31. The van der Waals surface area contributed by atoms with Crippen LogP contribution in [-0.4, -0.2) is 47.1 Å².